The molecule has 76 valence electrons. The standard InChI is InChI=1S/C10H10ClFO2/c11-7-4-6-9(13)2-1-3-14-10(6)5-8(7)12/h4-5,9,13H,1-3H2. The van der Waals surface area contributed by atoms with Crippen LogP contribution in [0.3, 0.4) is 0 Å². The van der Waals surface area contributed by atoms with E-state index in [0.717, 1.165) is 6.42 Å². The fourth-order valence-electron chi connectivity index (χ4n) is 1.54. The van der Waals surface area contributed by atoms with Crippen LogP contribution in [0, 0.1) is 5.82 Å². The zero-order chi connectivity index (χ0) is 10.1. The molecular formula is C10H10ClFO2. The van der Waals surface area contributed by atoms with Gasteiger partial charge in [0.2, 0.25) is 0 Å². The third kappa shape index (κ3) is 1.70. The normalized spacial score (nSPS) is 20.9. The third-order valence-corrected chi connectivity index (χ3v) is 2.58. The SMILES string of the molecule is OC1CCCOc2cc(F)c(Cl)cc21. The van der Waals surface area contributed by atoms with Gasteiger partial charge in [-0.3, -0.25) is 0 Å². The van der Waals surface area contributed by atoms with Crippen LogP contribution in [0.5, 0.6) is 5.75 Å². The molecule has 1 N–H and O–H groups in total. The van der Waals surface area contributed by atoms with Crippen LogP contribution in [0.25, 0.3) is 0 Å². The molecule has 0 saturated carbocycles. The summed E-state index contributed by atoms with van der Waals surface area (Å²) >= 11 is 5.62. The van der Waals surface area contributed by atoms with Gasteiger partial charge < -0.3 is 9.84 Å². The van der Waals surface area contributed by atoms with Gasteiger partial charge in [-0.25, -0.2) is 4.39 Å². The van der Waals surface area contributed by atoms with Gasteiger partial charge >= 0.3 is 0 Å². The molecule has 1 unspecified atom stereocenters. The van der Waals surface area contributed by atoms with Crippen molar-refractivity contribution in [2.45, 2.75) is 18.9 Å². The number of halogens is 2. The number of hydrogen-bond donors (Lipinski definition) is 1. The number of ether oxygens (including phenoxy) is 1. The summed E-state index contributed by atoms with van der Waals surface area (Å²) in [4.78, 5) is 0. The summed E-state index contributed by atoms with van der Waals surface area (Å²) in [7, 11) is 0. The van der Waals surface area contributed by atoms with Crippen LogP contribution in [0.15, 0.2) is 12.1 Å². The van der Waals surface area contributed by atoms with E-state index in [1.807, 2.05) is 0 Å². The van der Waals surface area contributed by atoms with Crippen molar-refractivity contribution in [1.82, 2.24) is 0 Å². The maximum Gasteiger partial charge on any atom is 0.145 e. The van der Waals surface area contributed by atoms with Crippen LogP contribution in [0.2, 0.25) is 5.02 Å². The van der Waals surface area contributed by atoms with Crippen LogP contribution < -0.4 is 4.74 Å². The zero-order valence-corrected chi connectivity index (χ0v) is 8.22. The van der Waals surface area contributed by atoms with Crippen LogP contribution in [0.4, 0.5) is 4.39 Å². The first kappa shape index (κ1) is 9.74. The average molecular weight is 217 g/mol. The second kappa shape index (κ2) is 3.75. The second-order valence-electron chi connectivity index (χ2n) is 3.31. The van der Waals surface area contributed by atoms with E-state index in [9.17, 15) is 9.50 Å². The maximum absolute atomic E-state index is 13.1. The summed E-state index contributed by atoms with van der Waals surface area (Å²) < 4.78 is 18.4. The summed E-state index contributed by atoms with van der Waals surface area (Å²) in [5.74, 6) is -0.114. The van der Waals surface area contributed by atoms with Gasteiger partial charge in [-0.2, -0.15) is 0 Å². The maximum atomic E-state index is 13.1. The minimum Gasteiger partial charge on any atom is -0.493 e. The van der Waals surface area contributed by atoms with Gasteiger partial charge in [0.25, 0.3) is 0 Å². The van der Waals surface area contributed by atoms with Crippen LogP contribution >= 0.6 is 11.6 Å². The van der Waals surface area contributed by atoms with Gasteiger partial charge in [-0.05, 0) is 18.9 Å². The molecule has 0 bridgehead atoms. The number of benzene rings is 1. The highest BCUT2D eigenvalue weighted by Gasteiger charge is 2.19. The van der Waals surface area contributed by atoms with E-state index in [0.29, 0.717) is 24.3 Å². The zero-order valence-electron chi connectivity index (χ0n) is 7.46. The van der Waals surface area contributed by atoms with Crippen molar-refractivity contribution in [3.05, 3.63) is 28.5 Å². The van der Waals surface area contributed by atoms with E-state index in [1.54, 1.807) is 0 Å². The molecule has 0 amide bonds. The number of fused-ring (bicyclic) bond motifs is 1. The van der Waals surface area contributed by atoms with Gasteiger partial charge in [-0.15, -0.1) is 0 Å². The first-order valence-electron chi connectivity index (χ1n) is 4.48. The minimum absolute atomic E-state index is 0.0216. The van der Waals surface area contributed by atoms with E-state index in [1.165, 1.54) is 12.1 Å². The lowest BCUT2D eigenvalue weighted by atomic mass is 10.1. The molecule has 2 nitrogen and oxygen atoms in total. The lowest BCUT2D eigenvalue weighted by Crippen LogP contribution is -1.97. The predicted octanol–water partition coefficient (Wildman–Crippen LogP) is 2.69. The van der Waals surface area contributed by atoms with E-state index < -0.39 is 11.9 Å². The number of aliphatic hydroxyl groups is 1. The molecule has 4 heteroatoms. The summed E-state index contributed by atoms with van der Waals surface area (Å²) in [6.07, 6.45) is 0.773. The van der Waals surface area contributed by atoms with E-state index in [4.69, 9.17) is 16.3 Å². The second-order valence-corrected chi connectivity index (χ2v) is 3.72. The lowest BCUT2D eigenvalue weighted by molar-refractivity contribution is 0.167. The Kier molecular flexibility index (Phi) is 2.61. The Morgan fingerprint density at radius 1 is 1.50 bits per heavy atom. The van der Waals surface area contributed by atoms with Crippen molar-refractivity contribution in [3.63, 3.8) is 0 Å². The number of rotatable bonds is 0. The van der Waals surface area contributed by atoms with Crippen LogP contribution in [-0.4, -0.2) is 11.7 Å². The van der Waals surface area contributed by atoms with Crippen molar-refractivity contribution < 1.29 is 14.2 Å². The highest BCUT2D eigenvalue weighted by atomic mass is 35.5. The summed E-state index contributed by atoms with van der Waals surface area (Å²) in [5.41, 5.74) is 0.578. The Balaban J connectivity index is 2.49. The van der Waals surface area contributed by atoms with Crippen molar-refractivity contribution in [2.75, 3.05) is 6.61 Å². The van der Waals surface area contributed by atoms with Crippen molar-refractivity contribution >= 4 is 11.6 Å². The number of hydrogen-bond acceptors (Lipinski definition) is 2. The highest BCUT2D eigenvalue weighted by Crippen LogP contribution is 2.34. The molecule has 1 aliphatic rings. The van der Waals surface area contributed by atoms with E-state index in [-0.39, 0.29) is 5.02 Å². The molecular weight excluding hydrogens is 207 g/mol. The van der Waals surface area contributed by atoms with Gasteiger partial charge in [-0.1, -0.05) is 11.6 Å². The molecule has 0 aromatic heterocycles. The molecule has 1 aromatic rings. The Labute approximate surface area is 86.3 Å². The molecule has 1 aromatic carbocycles. The largest absolute Gasteiger partial charge is 0.493 e. The highest BCUT2D eigenvalue weighted by molar-refractivity contribution is 6.30. The van der Waals surface area contributed by atoms with Gasteiger partial charge in [0, 0.05) is 11.6 Å². The first-order valence-corrected chi connectivity index (χ1v) is 4.86. The molecule has 2 rings (SSSR count). The van der Waals surface area contributed by atoms with Crippen molar-refractivity contribution in [1.29, 1.82) is 0 Å². The average Bonchev–Trinajstić information content (AvgIpc) is 2.31. The quantitative estimate of drug-likeness (QED) is 0.723. The van der Waals surface area contributed by atoms with Gasteiger partial charge in [0.05, 0.1) is 17.7 Å². The van der Waals surface area contributed by atoms with Gasteiger partial charge in [0.15, 0.2) is 0 Å². The molecule has 1 atom stereocenters. The summed E-state index contributed by atoms with van der Waals surface area (Å²) in [6.45, 7) is 0.505. The van der Waals surface area contributed by atoms with Crippen LogP contribution in [0.1, 0.15) is 24.5 Å². The molecule has 0 saturated heterocycles. The Morgan fingerprint density at radius 2 is 2.29 bits per heavy atom. The Bertz CT molecular complexity index is 354. The summed E-state index contributed by atoms with van der Waals surface area (Å²) in [5, 5.41) is 9.72. The molecule has 0 aliphatic carbocycles. The lowest BCUT2D eigenvalue weighted by Gasteiger charge is -2.11. The third-order valence-electron chi connectivity index (χ3n) is 2.29. The predicted molar refractivity (Wildman–Crippen MR) is 51.1 cm³/mol. The molecule has 0 radical (unpaired) electrons. The van der Waals surface area contributed by atoms with Crippen molar-refractivity contribution in [2.24, 2.45) is 0 Å². The molecule has 14 heavy (non-hydrogen) atoms. The van der Waals surface area contributed by atoms with Crippen LogP contribution in [-0.2, 0) is 0 Å². The smallest absolute Gasteiger partial charge is 0.145 e. The van der Waals surface area contributed by atoms with E-state index >= 15 is 0 Å². The van der Waals surface area contributed by atoms with Crippen molar-refractivity contribution in [3.8, 4) is 5.75 Å². The molecule has 1 aliphatic heterocycles. The number of aliphatic hydroxyl groups excluding tert-OH is 1. The first-order chi connectivity index (χ1) is 6.68. The fourth-order valence-corrected chi connectivity index (χ4v) is 1.72. The Morgan fingerprint density at radius 3 is 3.07 bits per heavy atom. The Hall–Kier alpha value is -0.800. The van der Waals surface area contributed by atoms with E-state index in [2.05, 4.69) is 0 Å². The molecule has 0 fully saturated rings. The summed E-state index contributed by atoms with van der Waals surface area (Å²) in [6, 6.07) is 2.66. The van der Waals surface area contributed by atoms with Gasteiger partial charge in [0.1, 0.15) is 11.6 Å². The molecule has 0 spiro atoms. The fraction of sp³-hybridized carbons (Fsp3) is 0.400. The minimum atomic E-state index is -0.606. The topological polar surface area (TPSA) is 29.5 Å². The monoisotopic (exact) mass is 216 g/mol. The molecule has 1 heterocycles.